The maximum Gasteiger partial charge on any atom is 0.422 e. The number of ether oxygens (including phenoxy) is 1. The van der Waals surface area contributed by atoms with Crippen molar-refractivity contribution in [1.29, 1.82) is 0 Å². The minimum Gasteiger partial charge on any atom is -0.410 e. The van der Waals surface area contributed by atoms with Crippen LogP contribution >= 0.6 is 11.9 Å². The summed E-state index contributed by atoms with van der Waals surface area (Å²) >= 11 is 1.28. The molecule has 0 bridgehead atoms. The third-order valence-electron chi connectivity index (χ3n) is 4.53. The first-order valence-corrected chi connectivity index (χ1v) is 10.7. The normalized spacial score (nSPS) is 10.6. The SMILES string of the molecule is CCCCCCCCc1ccc(OC(=O)NSc2ccc(C)cc2C)cc1. The lowest BCUT2D eigenvalue weighted by Crippen LogP contribution is -2.20. The Balaban J connectivity index is 1.71. The van der Waals surface area contributed by atoms with Crippen molar-refractivity contribution >= 4 is 18.0 Å². The van der Waals surface area contributed by atoms with Crippen LogP contribution in [0.1, 0.15) is 62.1 Å². The summed E-state index contributed by atoms with van der Waals surface area (Å²) in [6, 6.07) is 14.0. The molecule has 0 aliphatic rings. The largest absolute Gasteiger partial charge is 0.422 e. The van der Waals surface area contributed by atoms with E-state index in [1.54, 1.807) is 0 Å². The summed E-state index contributed by atoms with van der Waals surface area (Å²) in [6.45, 7) is 6.33. The van der Waals surface area contributed by atoms with Crippen molar-refractivity contribution < 1.29 is 9.53 Å². The van der Waals surface area contributed by atoms with E-state index in [0.717, 1.165) is 16.9 Å². The summed E-state index contributed by atoms with van der Waals surface area (Å²) in [5, 5.41) is 0. The van der Waals surface area contributed by atoms with E-state index in [-0.39, 0.29) is 0 Å². The van der Waals surface area contributed by atoms with Gasteiger partial charge in [0.15, 0.2) is 0 Å². The Kier molecular flexibility index (Phi) is 9.26. The topological polar surface area (TPSA) is 38.3 Å². The smallest absolute Gasteiger partial charge is 0.410 e. The summed E-state index contributed by atoms with van der Waals surface area (Å²) in [5.41, 5.74) is 3.64. The monoisotopic (exact) mass is 385 g/mol. The van der Waals surface area contributed by atoms with Gasteiger partial charge in [-0.15, -0.1) is 0 Å². The van der Waals surface area contributed by atoms with Crippen LogP contribution in [0.2, 0.25) is 0 Å². The van der Waals surface area contributed by atoms with Crippen molar-refractivity contribution in [3.63, 3.8) is 0 Å². The highest BCUT2D eigenvalue weighted by Gasteiger charge is 2.07. The summed E-state index contributed by atoms with van der Waals surface area (Å²) in [6.07, 6.45) is 8.44. The molecular weight excluding hydrogens is 354 g/mol. The second-order valence-corrected chi connectivity index (χ2v) is 7.87. The molecule has 0 atom stereocenters. The van der Waals surface area contributed by atoms with Crippen molar-refractivity contribution in [2.45, 2.75) is 70.6 Å². The molecule has 0 unspecified atom stereocenters. The maximum absolute atomic E-state index is 12.0. The molecule has 2 aromatic rings. The van der Waals surface area contributed by atoms with Gasteiger partial charge in [-0.3, -0.25) is 4.72 Å². The minimum atomic E-state index is -0.455. The average Bonchev–Trinajstić information content (AvgIpc) is 2.65. The Labute approximate surface area is 168 Å². The van der Waals surface area contributed by atoms with E-state index in [2.05, 4.69) is 24.6 Å². The Morgan fingerprint density at radius 3 is 2.37 bits per heavy atom. The van der Waals surface area contributed by atoms with Crippen LogP contribution in [0.5, 0.6) is 5.75 Å². The molecule has 0 aliphatic carbocycles. The van der Waals surface area contributed by atoms with Crippen LogP contribution in [-0.2, 0) is 6.42 Å². The molecule has 0 spiro atoms. The first-order chi connectivity index (χ1) is 13.1. The Morgan fingerprint density at radius 1 is 0.963 bits per heavy atom. The summed E-state index contributed by atoms with van der Waals surface area (Å²) in [4.78, 5) is 13.0. The Morgan fingerprint density at radius 2 is 1.67 bits per heavy atom. The standard InChI is InChI=1S/C23H31NO2S/c1-4-5-6-7-8-9-10-20-12-14-21(15-13-20)26-23(25)24-27-22-16-11-18(2)17-19(22)3/h11-17H,4-10H2,1-3H3,(H,24,25). The minimum absolute atomic E-state index is 0.455. The van der Waals surface area contributed by atoms with Gasteiger partial charge in [-0.2, -0.15) is 0 Å². The second-order valence-electron chi connectivity index (χ2n) is 7.02. The van der Waals surface area contributed by atoms with Crippen molar-refractivity contribution in [2.24, 2.45) is 0 Å². The van der Waals surface area contributed by atoms with Crippen molar-refractivity contribution in [3.05, 3.63) is 59.2 Å². The number of nitrogens with one attached hydrogen (secondary N) is 1. The van der Waals surface area contributed by atoms with Crippen LogP contribution in [0, 0.1) is 13.8 Å². The molecule has 0 aliphatic heterocycles. The van der Waals surface area contributed by atoms with Crippen LogP contribution in [-0.4, -0.2) is 6.09 Å². The van der Waals surface area contributed by atoms with E-state index in [1.165, 1.54) is 61.6 Å². The van der Waals surface area contributed by atoms with Gasteiger partial charge in [0.05, 0.1) is 0 Å². The van der Waals surface area contributed by atoms with Crippen molar-refractivity contribution in [1.82, 2.24) is 4.72 Å². The highest BCUT2D eigenvalue weighted by Crippen LogP contribution is 2.21. The number of carbonyl (C=O) groups excluding carboxylic acids is 1. The fourth-order valence-corrected chi connectivity index (χ4v) is 3.56. The molecule has 2 aromatic carbocycles. The van der Waals surface area contributed by atoms with Crippen LogP contribution in [0.25, 0.3) is 0 Å². The lowest BCUT2D eigenvalue weighted by molar-refractivity contribution is 0.207. The quantitative estimate of drug-likeness (QED) is 0.353. The van der Waals surface area contributed by atoms with E-state index in [0.29, 0.717) is 5.75 Å². The van der Waals surface area contributed by atoms with Crippen LogP contribution < -0.4 is 9.46 Å². The molecule has 0 heterocycles. The van der Waals surface area contributed by atoms with Gasteiger partial charge in [0.25, 0.3) is 0 Å². The van der Waals surface area contributed by atoms with Gasteiger partial charge >= 0.3 is 6.09 Å². The van der Waals surface area contributed by atoms with Crippen molar-refractivity contribution in [2.75, 3.05) is 0 Å². The van der Waals surface area contributed by atoms with Gasteiger partial charge in [-0.25, -0.2) is 4.79 Å². The van der Waals surface area contributed by atoms with Gasteiger partial charge < -0.3 is 4.74 Å². The number of hydrogen-bond acceptors (Lipinski definition) is 3. The number of aryl methyl sites for hydroxylation is 3. The third kappa shape index (κ3) is 8.08. The number of benzene rings is 2. The zero-order chi connectivity index (χ0) is 19.5. The Hall–Kier alpha value is -1.94. The zero-order valence-corrected chi connectivity index (χ0v) is 17.5. The molecule has 146 valence electrons. The fourth-order valence-electron chi connectivity index (χ4n) is 2.97. The summed E-state index contributed by atoms with van der Waals surface area (Å²) in [5.74, 6) is 0.570. The van der Waals surface area contributed by atoms with Crippen LogP contribution in [0.4, 0.5) is 4.79 Å². The lowest BCUT2D eigenvalue weighted by atomic mass is 10.1. The molecule has 1 amide bonds. The van der Waals surface area contributed by atoms with E-state index < -0.39 is 6.09 Å². The maximum atomic E-state index is 12.0. The summed E-state index contributed by atoms with van der Waals surface area (Å²) < 4.78 is 8.09. The van der Waals surface area contributed by atoms with Crippen LogP contribution in [0.3, 0.4) is 0 Å². The zero-order valence-electron chi connectivity index (χ0n) is 16.7. The third-order valence-corrected chi connectivity index (χ3v) is 5.47. The first-order valence-electron chi connectivity index (χ1n) is 9.89. The first kappa shape index (κ1) is 21.4. The molecule has 0 aromatic heterocycles. The molecule has 0 saturated carbocycles. The molecule has 0 saturated heterocycles. The fraction of sp³-hybridized carbons (Fsp3) is 0.435. The number of hydrogen-bond donors (Lipinski definition) is 1. The number of carbonyl (C=O) groups is 1. The molecule has 27 heavy (non-hydrogen) atoms. The van der Waals surface area contributed by atoms with Gasteiger partial charge in [0, 0.05) is 4.90 Å². The van der Waals surface area contributed by atoms with E-state index in [1.807, 2.05) is 43.3 Å². The molecule has 0 fully saturated rings. The number of rotatable bonds is 10. The molecular formula is C23H31NO2S. The lowest BCUT2D eigenvalue weighted by Gasteiger charge is -2.09. The molecule has 1 N–H and O–H groups in total. The molecule has 0 radical (unpaired) electrons. The second kappa shape index (κ2) is 11.7. The molecule has 4 heteroatoms. The van der Waals surface area contributed by atoms with Crippen molar-refractivity contribution in [3.8, 4) is 5.75 Å². The number of unbranched alkanes of at least 4 members (excludes halogenated alkanes) is 5. The van der Waals surface area contributed by atoms with Gasteiger partial charge in [-0.1, -0.05) is 68.9 Å². The highest BCUT2D eigenvalue weighted by atomic mass is 32.2. The summed E-state index contributed by atoms with van der Waals surface area (Å²) in [7, 11) is 0. The van der Waals surface area contributed by atoms with Gasteiger partial charge in [-0.05, 0) is 68.0 Å². The number of amides is 1. The van der Waals surface area contributed by atoms with Gasteiger partial charge in [0.1, 0.15) is 5.75 Å². The molecule has 3 nitrogen and oxygen atoms in total. The predicted octanol–water partition coefficient (Wildman–Crippen LogP) is 7.00. The molecule has 2 rings (SSSR count). The van der Waals surface area contributed by atoms with Gasteiger partial charge in [0.2, 0.25) is 0 Å². The predicted molar refractivity (Wildman–Crippen MR) is 114 cm³/mol. The average molecular weight is 386 g/mol. The Bertz CT molecular complexity index is 713. The van der Waals surface area contributed by atoms with E-state index >= 15 is 0 Å². The van der Waals surface area contributed by atoms with E-state index in [4.69, 9.17) is 4.74 Å². The van der Waals surface area contributed by atoms with E-state index in [9.17, 15) is 4.79 Å². The van der Waals surface area contributed by atoms with Crippen LogP contribution in [0.15, 0.2) is 47.4 Å². The highest BCUT2D eigenvalue weighted by molar-refractivity contribution is 7.98.